The Bertz CT molecular complexity index is 2040. The average molecular weight is 831 g/mol. The fraction of sp³-hybridized carbons (Fsp3) is 0.294. The molecule has 0 aliphatic heterocycles. The van der Waals surface area contributed by atoms with E-state index in [0.29, 0.717) is 5.41 Å². The van der Waals surface area contributed by atoms with Crippen LogP contribution in [0.15, 0.2) is 103 Å². The molecule has 0 N–H and O–H groups in total. The van der Waals surface area contributed by atoms with Crippen molar-refractivity contribution in [3.8, 4) is 33.4 Å². The van der Waals surface area contributed by atoms with Crippen molar-refractivity contribution in [1.29, 1.82) is 0 Å². The van der Waals surface area contributed by atoms with Gasteiger partial charge in [0.25, 0.3) is 0 Å². The summed E-state index contributed by atoms with van der Waals surface area (Å²) in [4.78, 5) is 0. The molecule has 0 bridgehead atoms. The quantitative estimate of drug-likeness (QED) is 0.156. The first kappa shape index (κ1) is 45.2. The molecule has 1 aliphatic carbocycles. The summed E-state index contributed by atoms with van der Waals surface area (Å²) in [6.07, 6.45) is 3.42. The van der Waals surface area contributed by atoms with Gasteiger partial charge in [-0.25, -0.2) is 6.07 Å². The molecule has 0 amide bonds. The first-order valence-electron chi connectivity index (χ1n) is 18.9. The normalized spacial score (nSPS) is 11.1. The van der Waals surface area contributed by atoms with Crippen molar-refractivity contribution in [1.82, 2.24) is 0 Å². The van der Waals surface area contributed by atoms with E-state index < -0.39 is 0 Å². The fourth-order valence-electron chi connectivity index (χ4n) is 7.76. The van der Waals surface area contributed by atoms with Crippen LogP contribution in [0.1, 0.15) is 102 Å². The van der Waals surface area contributed by atoms with Gasteiger partial charge in [-0.05, 0) is 75.8 Å². The molecule has 0 aromatic heterocycles. The molecule has 0 radical (unpaired) electrons. The summed E-state index contributed by atoms with van der Waals surface area (Å²) < 4.78 is 1.46. The van der Waals surface area contributed by atoms with Crippen LogP contribution in [0.4, 0.5) is 0 Å². The Morgan fingerprint density at radius 1 is 0.704 bits per heavy atom. The van der Waals surface area contributed by atoms with Gasteiger partial charge in [0.2, 0.25) is 0 Å². The van der Waals surface area contributed by atoms with Crippen molar-refractivity contribution in [2.45, 2.75) is 101 Å². The van der Waals surface area contributed by atoms with Gasteiger partial charge in [-0.2, -0.15) is 23.3 Å². The van der Waals surface area contributed by atoms with E-state index in [-0.39, 0.29) is 24.8 Å². The van der Waals surface area contributed by atoms with Crippen LogP contribution in [0.5, 0.6) is 0 Å². The van der Waals surface area contributed by atoms with E-state index in [9.17, 15) is 0 Å². The van der Waals surface area contributed by atoms with Gasteiger partial charge in [-0.15, -0.1) is 29.3 Å². The number of rotatable bonds is 5. The summed E-state index contributed by atoms with van der Waals surface area (Å²) in [5.41, 5.74) is 23.3. The van der Waals surface area contributed by atoms with Crippen molar-refractivity contribution in [3.63, 3.8) is 0 Å². The molecule has 6 aromatic rings. The second-order valence-corrected chi connectivity index (χ2v) is 17.7. The summed E-state index contributed by atoms with van der Waals surface area (Å²) in [7, 11) is 0. The van der Waals surface area contributed by atoms with Gasteiger partial charge >= 0.3 is 70.3 Å². The monoisotopic (exact) mass is 828 g/mol. The molecule has 0 saturated carbocycles. The standard InChI is InChI=1S/C31H29.C12H19.C8H8.2ClH.Zr/c1-18-11-20(3)30(21(4)12-18)24-7-9-28-26(15-24)17-27-16-25(8-10-29(27)28)31-22(5)13-19(2)14-23(31)6;1-5-6-10-7-8-11(9-10)12(2,3)4;1-2-8-6-4-3-5-7-8;;;/h7-15H,17H2,1-6H3;7-9H,5-6H2,1-4H3;3-7H,1H3;2*1H;/q2*-1;;;;+2/p-2. The van der Waals surface area contributed by atoms with E-state index in [4.69, 9.17) is 0 Å². The Morgan fingerprint density at radius 3 is 1.76 bits per heavy atom. The summed E-state index contributed by atoms with van der Waals surface area (Å²) in [5, 5.41) is 0. The minimum atomic E-state index is 0. The van der Waals surface area contributed by atoms with Crippen LogP contribution in [0.25, 0.3) is 33.4 Å². The van der Waals surface area contributed by atoms with Gasteiger partial charge < -0.3 is 24.8 Å². The van der Waals surface area contributed by atoms with Crippen molar-refractivity contribution < 1.29 is 49.0 Å². The van der Waals surface area contributed by atoms with Gasteiger partial charge in [0.1, 0.15) is 0 Å². The van der Waals surface area contributed by atoms with Crippen LogP contribution in [-0.4, -0.2) is 3.21 Å². The zero-order valence-electron chi connectivity index (χ0n) is 34.2. The minimum Gasteiger partial charge on any atom is -1.00 e. The number of fused-ring (bicyclic) bond motifs is 3. The first-order valence-corrected chi connectivity index (χ1v) is 20.1. The van der Waals surface area contributed by atoms with Gasteiger partial charge in [-0.1, -0.05) is 127 Å². The molecule has 1 aliphatic rings. The third kappa shape index (κ3) is 11.0. The molecule has 54 heavy (non-hydrogen) atoms. The third-order valence-electron chi connectivity index (χ3n) is 10.1. The van der Waals surface area contributed by atoms with Crippen LogP contribution in [0.3, 0.4) is 0 Å². The molecule has 0 fully saturated rings. The zero-order valence-corrected chi connectivity index (χ0v) is 38.2. The largest absolute Gasteiger partial charge is 1.00 e. The number of halogens is 2. The second kappa shape index (κ2) is 19.6. The maximum atomic E-state index is 3.78. The molecule has 6 aromatic carbocycles. The van der Waals surface area contributed by atoms with E-state index in [2.05, 4.69) is 179 Å². The van der Waals surface area contributed by atoms with Gasteiger partial charge in [-0.3, -0.25) is 0 Å². The number of hydrogen-bond donors (Lipinski definition) is 0. The maximum absolute atomic E-state index is 3.78. The zero-order chi connectivity index (χ0) is 37.7. The van der Waals surface area contributed by atoms with Crippen molar-refractivity contribution in [2.24, 2.45) is 0 Å². The molecular weight excluding hydrogens is 775 g/mol. The molecule has 0 atom stereocenters. The summed E-state index contributed by atoms with van der Waals surface area (Å²) in [6, 6.07) is 41.8. The van der Waals surface area contributed by atoms with Gasteiger partial charge in [0.15, 0.2) is 0 Å². The topological polar surface area (TPSA) is 0 Å². The minimum absolute atomic E-state index is 0. The van der Waals surface area contributed by atoms with Crippen molar-refractivity contribution in [2.75, 3.05) is 0 Å². The first-order chi connectivity index (χ1) is 24.7. The van der Waals surface area contributed by atoms with Gasteiger partial charge in [0, 0.05) is 0 Å². The van der Waals surface area contributed by atoms with Crippen LogP contribution in [0, 0.1) is 47.6 Å². The summed E-state index contributed by atoms with van der Waals surface area (Å²) >= 11 is 1.51. The Labute approximate surface area is 354 Å². The van der Waals surface area contributed by atoms with E-state index in [1.807, 2.05) is 6.07 Å². The van der Waals surface area contributed by atoms with Gasteiger partial charge in [0.05, 0.1) is 0 Å². The number of hydrogen-bond acceptors (Lipinski definition) is 0. The molecule has 0 heterocycles. The molecule has 0 unspecified atom stereocenters. The summed E-state index contributed by atoms with van der Waals surface area (Å²) in [6.45, 7) is 24.4. The molecule has 0 nitrogen and oxygen atoms in total. The molecule has 7 rings (SSSR count). The predicted octanol–water partition coefficient (Wildman–Crippen LogP) is 7.68. The van der Waals surface area contributed by atoms with Crippen LogP contribution >= 0.6 is 0 Å². The molecule has 280 valence electrons. The predicted molar refractivity (Wildman–Crippen MR) is 224 cm³/mol. The SMILES string of the molecule is CCCc1cc(C(C)(C)C)c[cH-]1.C[C](=[Zr+2])c1ccccc1.Cc1cc(C)c(-c2[c-]c3c(cc2)-c2ccc(-c4c(C)cc(C)cc4C)cc2C3)c(C)c1.[Cl-].[Cl-]. The van der Waals surface area contributed by atoms with E-state index in [1.54, 1.807) is 0 Å². The van der Waals surface area contributed by atoms with Crippen molar-refractivity contribution >= 4 is 3.21 Å². The Balaban J connectivity index is 0.000000281. The molecule has 0 saturated heterocycles. The van der Waals surface area contributed by atoms with E-state index in [0.717, 1.165) is 6.42 Å². The average Bonchev–Trinajstić information content (AvgIpc) is 3.70. The molecule has 3 heteroatoms. The number of benzene rings is 5. The Kier molecular flexibility index (Phi) is 16.4. The third-order valence-corrected chi connectivity index (χ3v) is 10.8. The second-order valence-electron chi connectivity index (χ2n) is 15.9. The molecule has 0 spiro atoms. The van der Waals surface area contributed by atoms with E-state index >= 15 is 0 Å². The fourth-order valence-corrected chi connectivity index (χ4v) is 8.17. The van der Waals surface area contributed by atoms with Crippen LogP contribution < -0.4 is 24.8 Å². The van der Waals surface area contributed by atoms with Crippen LogP contribution in [0.2, 0.25) is 0 Å². The van der Waals surface area contributed by atoms with Crippen molar-refractivity contribution in [3.05, 3.63) is 170 Å². The molecular formula is C51H56Cl2Zr-2. The Hall–Kier alpha value is -3.22. The van der Waals surface area contributed by atoms with E-state index in [1.165, 1.54) is 135 Å². The smallest absolute Gasteiger partial charge is 0.0125 e. The van der Waals surface area contributed by atoms with Crippen LogP contribution in [-0.2, 0) is 42.5 Å². The Morgan fingerprint density at radius 2 is 1.26 bits per heavy atom. The number of aryl methyl sites for hydroxylation is 7. The maximum Gasteiger partial charge on any atom is -0.0125 e. The summed E-state index contributed by atoms with van der Waals surface area (Å²) in [5.74, 6) is 0.